The zero-order chi connectivity index (χ0) is 33.7. The number of nitrogens with zero attached hydrogens (tertiary/aromatic N) is 3. The molecule has 0 aliphatic carbocycles. The second kappa shape index (κ2) is 11.9. The van der Waals surface area contributed by atoms with Crippen LogP contribution in [0.5, 0.6) is 0 Å². The van der Waals surface area contributed by atoms with E-state index in [0.717, 1.165) is 66.1 Å². The first-order valence-electron chi connectivity index (χ1n) is 17.1. The van der Waals surface area contributed by atoms with Crippen molar-refractivity contribution in [1.29, 1.82) is 0 Å². The summed E-state index contributed by atoms with van der Waals surface area (Å²) in [5, 5.41) is 6.70. The lowest BCUT2D eigenvalue weighted by Gasteiger charge is -2.12. The Morgan fingerprint density at radius 3 is 1.63 bits per heavy atom. The Hall–Kier alpha value is -6.91. The summed E-state index contributed by atoms with van der Waals surface area (Å²) >= 11 is 0. The van der Waals surface area contributed by atoms with Crippen LogP contribution < -0.4 is 0 Å². The highest BCUT2D eigenvalue weighted by atomic mass is 16.3. The SMILES string of the molecule is c1ccc(-c2ccc(-c3nc(-c4ccccc4)nc(-c4ccc(-c5ccc6ccccc6c5)c5oc6ccc7ccccc7c6c45)n3)cc2)cc1. The van der Waals surface area contributed by atoms with Gasteiger partial charge in [0.25, 0.3) is 0 Å². The molecule has 0 saturated heterocycles. The molecule has 51 heavy (non-hydrogen) atoms. The minimum absolute atomic E-state index is 0.594. The van der Waals surface area contributed by atoms with Gasteiger partial charge in [-0.1, -0.05) is 152 Å². The van der Waals surface area contributed by atoms with Gasteiger partial charge >= 0.3 is 0 Å². The minimum atomic E-state index is 0.594. The lowest BCUT2D eigenvalue weighted by Crippen LogP contribution is -2.00. The molecule has 2 heterocycles. The van der Waals surface area contributed by atoms with Crippen molar-refractivity contribution in [1.82, 2.24) is 15.0 Å². The third kappa shape index (κ3) is 5.04. The van der Waals surface area contributed by atoms with Gasteiger partial charge in [-0.05, 0) is 62.5 Å². The summed E-state index contributed by atoms with van der Waals surface area (Å²) in [5.41, 5.74) is 8.79. The van der Waals surface area contributed by atoms with E-state index in [9.17, 15) is 0 Å². The third-order valence-corrected chi connectivity index (χ3v) is 9.73. The van der Waals surface area contributed by atoms with Crippen molar-refractivity contribution in [2.75, 3.05) is 0 Å². The van der Waals surface area contributed by atoms with Crippen LogP contribution in [-0.4, -0.2) is 15.0 Å². The summed E-state index contributed by atoms with van der Waals surface area (Å²) in [7, 11) is 0. The highest BCUT2D eigenvalue weighted by molar-refractivity contribution is 6.24. The molecule has 10 aromatic rings. The van der Waals surface area contributed by atoms with Gasteiger partial charge in [0.05, 0.1) is 0 Å². The normalized spacial score (nSPS) is 11.5. The predicted octanol–water partition coefficient (Wildman–Crippen LogP) is 12.4. The molecule has 0 fully saturated rings. The van der Waals surface area contributed by atoms with Crippen LogP contribution in [-0.2, 0) is 0 Å². The van der Waals surface area contributed by atoms with Crippen molar-refractivity contribution in [3.63, 3.8) is 0 Å². The Morgan fingerprint density at radius 1 is 0.333 bits per heavy atom. The van der Waals surface area contributed by atoms with Crippen LogP contribution in [0, 0.1) is 0 Å². The maximum Gasteiger partial charge on any atom is 0.164 e. The fraction of sp³-hybridized carbons (Fsp3) is 0. The van der Waals surface area contributed by atoms with Gasteiger partial charge in [-0.2, -0.15) is 0 Å². The van der Waals surface area contributed by atoms with Gasteiger partial charge in [-0.15, -0.1) is 0 Å². The molecule has 0 spiro atoms. The van der Waals surface area contributed by atoms with E-state index in [2.05, 4.69) is 140 Å². The van der Waals surface area contributed by atoms with Gasteiger partial charge in [0.15, 0.2) is 17.5 Å². The number of benzene rings is 8. The fourth-order valence-electron chi connectivity index (χ4n) is 7.20. The molecular weight excluding hydrogens is 623 g/mol. The summed E-state index contributed by atoms with van der Waals surface area (Å²) in [6.45, 7) is 0. The van der Waals surface area contributed by atoms with Crippen LogP contribution in [0.3, 0.4) is 0 Å². The molecule has 0 N–H and O–H groups in total. The Kier molecular flexibility index (Phi) is 6.78. The number of aromatic nitrogens is 3. The monoisotopic (exact) mass is 651 g/mol. The second-order valence-corrected chi connectivity index (χ2v) is 12.8. The number of furan rings is 1. The van der Waals surface area contributed by atoms with Crippen molar-refractivity contribution >= 4 is 43.5 Å². The van der Waals surface area contributed by atoms with E-state index in [1.165, 1.54) is 16.3 Å². The number of hydrogen-bond donors (Lipinski definition) is 0. The van der Waals surface area contributed by atoms with Crippen LogP contribution in [0.25, 0.3) is 99.9 Å². The van der Waals surface area contributed by atoms with Crippen molar-refractivity contribution in [3.8, 4) is 56.4 Å². The molecule has 4 nitrogen and oxygen atoms in total. The van der Waals surface area contributed by atoms with Crippen molar-refractivity contribution < 1.29 is 4.42 Å². The molecule has 0 radical (unpaired) electrons. The second-order valence-electron chi connectivity index (χ2n) is 12.8. The molecular formula is C47H29N3O. The van der Waals surface area contributed by atoms with E-state index < -0.39 is 0 Å². The molecule has 0 atom stereocenters. The Balaban J connectivity index is 1.24. The topological polar surface area (TPSA) is 51.8 Å². The fourth-order valence-corrected chi connectivity index (χ4v) is 7.20. The molecule has 8 aromatic carbocycles. The Labute approximate surface area is 294 Å². The van der Waals surface area contributed by atoms with E-state index in [4.69, 9.17) is 19.4 Å². The lowest BCUT2D eigenvalue weighted by molar-refractivity contribution is 0.670. The average Bonchev–Trinajstić information content (AvgIpc) is 3.61. The molecule has 0 aliphatic rings. The smallest absolute Gasteiger partial charge is 0.164 e. The van der Waals surface area contributed by atoms with Crippen LogP contribution >= 0.6 is 0 Å². The summed E-state index contributed by atoms with van der Waals surface area (Å²) < 4.78 is 6.83. The first kappa shape index (κ1) is 29.0. The maximum atomic E-state index is 6.83. The largest absolute Gasteiger partial charge is 0.455 e. The Bertz CT molecular complexity index is 2900. The molecule has 0 unspecified atom stereocenters. The van der Waals surface area contributed by atoms with Gasteiger partial charge in [0, 0.05) is 33.0 Å². The minimum Gasteiger partial charge on any atom is -0.455 e. The molecule has 0 bridgehead atoms. The number of hydrogen-bond acceptors (Lipinski definition) is 4. The van der Waals surface area contributed by atoms with E-state index >= 15 is 0 Å². The van der Waals surface area contributed by atoms with Gasteiger partial charge in [0.1, 0.15) is 11.2 Å². The van der Waals surface area contributed by atoms with E-state index in [1.54, 1.807) is 0 Å². The van der Waals surface area contributed by atoms with Gasteiger partial charge in [-0.25, -0.2) is 15.0 Å². The van der Waals surface area contributed by atoms with E-state index in [1.807, 2.05) is 36.4 Å². The van der Waals surface area contributed by atoms with Crippen LogP contribution in [0.15, 0.2) is 180 Å². The van der Waals surface area contributed by atoms with E-state index in [0.29, 0.717) is 17.5 Å². The lowest BCUT2D eigenvalue weighted by atomic mass is 9.95. The van der Waals surface area contributed by atoms with Gasteiger partial charge < -0.3 is 4.42 Å². The zero-order valence-electron chi connectivity index (χ0n) is 27.5. The van der Waals surface area contributed by atoms with Crippen molar-refractivity contribution in [3.05, 3.63) is 176 Å². The summed E-state index contributed by atoms with van der Waals surface area (Å²) in [6, 6.07) is 61.0. The average molecular weight is 652 g/mol. The predicted molar refractivity (Wildman–Crippen MR) is 209 cm³/mol. The highest BCUT2D eigenvalue weighted by Gasteiger charge is 2.22. The summed E-state index contributed by atoms with van der Waals surface area (Å²) in [6.07, 6.45) is 0. The first-order chi connectivity index (χ1) is 25.3. The molecule has 238 valence electrons. The number of rotatable bonds is 5. The maximum absolute atomic E-state index is 6.83. The molecule has 0 saturated carbocycles. The van der Waals surface area contributed by atoms with Crippen LogP contribution in [0.1, 0.15) is 0 Å². The molecule has 0 amide bonds. The molecule has 0 aliphatic heterocycles. The zero-order valence-corrected chi connectivity index (χ0v) is 27.5. The molecule has 10 rings (SSSR count). The van der Waals surface area contributed by atoms with Crippen LogP contribution in [0.2, 0.25) is 0 Å². The van der Waals surface area contributed by atoms with Gasteiger partial charge in [-0.3, -0.25) is 0 Å². The summed E-state index contributed by atoms with van der Waals surface area (Å²) in [5.74, 6) is 1.83. The first-order valence-corrected chi connectivity index (χ1v) is 17.1. The van der Waals surface area contributed by atoms with Crippen molar-refractivity contribution in [2.24, 2.45) is 0 Å². The highest BCUT2D eigenvalue weighted by Crippen LogP contribution is 2.44. The number of fused-ring (bicyclic) bond motifs is 6. The molecule has 2 aromatic heterocycles. The third-order valence-electron chi connectivity index (χ3n) is 9.73. The van der Waals surface area contributed by atoms with Gasteiger partial charge in [0.2, 0.25) is 0 Å². The summed E-state index contributed by atoms with van der Waals surface area (Å²) in [4.78, 5) is 15.4. The van der Waals surface area contributed by atoms with Crippen molar-refractivity contribution in [2.45, 2.75) is 0 Å². The standard InChI is InChI=1S/C47H29N3O/c1-3-11-30(12-4-1)32-19-22-35(23-20-32)46-48-45(34-15-5-2-6-16-34)49-47(50-46)40-27-26-39(37-24-21-31-13-7-8-17-36(31)29-37)44-43(40)42-38-18-10-9-14-33(38)25-28-41(42)51-44/h1-29H. The molecule has 4 heteroatoms. The van der Waals surface area contributed by atoms with E-state index in [-0.39, 0.29) is 0 Å². The van der Waals surface area contributed by atoms with Crippen LogP contribution in [0.4, 0.5) is 0 Å². The Morgan fingerprint density at radius 2 is 0.863 bits per heavy atom. The quantitative estimate of drug-likeness (QED) is 0.186.